The Morgan fingerprint density at radius 3 is 2.93 bits per heavy atom. The predicted octanol–water partition coefficient (Wildman–Crippen LogP) is 3.22. The number of para-hydroxylation sites is 1. The van der Waals surface area contributed by atoms with Crippen molar-refractivity contribution in [1.29, 1.82) is 0 Å². The van der Waals surface area contributed by atoms with Gasteiger partial charge in [0, 0.05) is 24.5 Å². The van der Waals surface area contributed by atoms with Crippen molar-refractivity contribution in [2.45, 2.75) is 24.8 Å². The highest BCUT2D eigenvalue weighted by molar-refractivity contribution is 6.06. The van der Waals surface area contributed by atoms with E-state index in [4.69, 9.17) is 4.52 Å². The summed E-state index contributed by atoms with van der Waals surface area (Å²) in [6.45, 7) is 2.27. The summed E-state index contributed by atoms with van der Waals surface area (Å²) in [5, 5.41) is 7.21. The third kappa shape index (κ3) is 2.73. The molecule has 4 heterocycles. The van der Waals surface area contributed by atoms with Gasteiger partial charge in [0.25, 0.3) is 0 Å². The van der Waals surface area contributed by atoms with Gasteiger partial charge in [-0.3, -0.25) is 14.7 Å². The SMILES string of the molecule is O=C1Nc2ccccc2[C@@]12CCCN(Cc1cc(-c3ccccn3)no1)C2. The van der Waals surface area contributed by atoms with Gasteiger partial charge in [-0.25, -0.2) is 0 Å². The van der Waals surface area contributed by atoms with Gasteiger partial charge in [0.1, 0.15) is 5.69 Å². The fourth-order valence-corrected chi connectivity index (χ4v) is 4.30. The number of hydrogen-bond acceptors (Lipinski definition) is 5. The molecule has 1 N–H and O–H groups in total. The van der Waals surface area contributed by atoms with E-state index in [1.165, 1.54) is 0 Å². The molecule has 2 aliphatic heterocycles. The van der Waals surface area contributed by atoms with Crippen LogP contribution in [0.2, 0.25) is 0 Å². The molecule has 1 fully saturated rings. The van der Waals surface area contributed by atoms with E-state index in [0.29, 0.717) is 13.1 Å². The van der Waals surface area contributed by atoms with Crippen LogP contribution in [0.4, 0.5) is 5.69 Å². The van der Waals surface area contributed by atoms with Gasteiger partial charge in [0.15, 0.2) is 5.76 Å². The Hall–Kier alpha value is -2.99. The van der Waals surface area contributed by atoms with E-state index in [1.807, 2.05) is 42.5 Å². The van der Waals surface area contributed by atoms with E-state index in [0.717, 1.165) is 47.8 Å². The number of nitrogens with zero attached hydrogens (tertiary/aromatic N) is 3. The van der Waals surface area contributed by atoms with Gasteiger partial charge in [-0.05, 0) is 43.1 Å². The minimum Gasteiger partial charge on any atom is -0.359 e. The minimum absolute atomic E-state index is 0.111. The number of nitrogens with one attached hydrogen (secondary N) is 1. The molecule has 0 unspecified atom stereocenters. The predicted molar refractivity (Wildman–Crippen MR) is 101 cm³/mol. The number of rotatable bonds is 3. The van der Waals surface area contributed by atoms with E-state index in [9.17, 15) is 4.79 Å². The third-order valence-corrected chi connectivity index (χ3v) is 5.56. The van der Waals surface area contributed by atoms with Gasteiger partial charge in [-0.1, -0.05) is 29.4 Å². The van der Waals surface area contributed by atoms with E-state index in [-0.39, 0.29) is 5.91 Å². The van der Waals surface area contributed by atoms with E-state index < -0.39 is 5.41 Å². The lowest BCUT2D eigenvalue weighted by atomic mass is 9.75. The Bertz CT molecular complexity index is 985. The van der Waals surface area contributed by atoms with Gasteiger partial charge in [0.2, 0.25) is 5.91 Å². The molecule has 0 bridgehead atoms. The first-order valence-corrected chi connectivity index (χ1v) is 9.25. The van der Waals surface area contributed by atoms with Crippen LogP contribution in [0, 0.1) is 0 Å². The maximum atomic E-state index is 12.8. The molecule has 1 amide bonds. The lowest BCUT2D eigenvalue weighted by molar-refractivity contribution is -0.123. The van der Waals surface area contributed by atoms with Gasteiger partial charge in [-0.15, -0.1) is 0 Å². The van der Waals surface area contributed by atoms with Crippen molar-refractivity contribution in [3.8, 4) is 11.4 Å². The van der Waals surface area contributed by atoms with E-state index in [2.05, 4.69) is 26.4 Å². The number of anilines is 1. The zero-order valence-corrected chi connectivity index (χ0v) is 14.9. The zero-order valence-electron chi connectivity index (χ0n) is 14.9. The molecule has 0 saturated carbocycles. The lowest BCUT2D eigenvalue weighted by Crippen LogP contribution is -2.49. The summed E-state index contributed by atoms with van der Waals surface area (Å²) in [6.07, 6.45) is 3.60. The van der Waals surface area contributed by atoms with E-state index in [1.54, 1.807) is 6.20 Å². The molecule has 0 aliphatic carbocycles. The number of benzene rings is 1. The molecule has 2 aliphatic rings. The standard InChI is InChI=1S/C21H20N4O2/c26-20-21(16-6-1-2-7-17(16)23-20)9-5-11-25(14-21)13-15-12-19(24-27-15)18-8-3-4-10-22-18/h1-4,6-8,10,12H,5,9,11,13-14H2,(H,23,26)/t21-/m0/s1. The number of carbonyl (C=O) groups is 1. The Kier molecular flexibility index (Phi) is 3.79. The second kappa shape index (κ2) is 6.32. The first kappa shape index (κ1) is 16.2. The largest absolute Gasteiger partial charge is 0.359 e. The summed E-state index contributed by atoms with van der Waals surface area (Å²) in [6, 6.07) is 15.7. The summed E-state index contributed by atoms with van der Waals surface area (Å²) in [7, 11) is 0. The highest BCUT2D eigenvalue weighted by atomic mass is 16.5. The Balaban J connectivity index is 1.37. The first-order chi connectivity index (χ1) is 13.2. The van der Waals surface area contributed by atoms with Crippen LogP contribution < -0.4 is 5.32 Å². The molecule has 136 valence electrons. The summed E-state index contributed by atoms with van der Waals surface area (Å²) < 4.78 is 5.54. The Labute approximate surface area is 157 Å². The maximum absolute atomic E-state index is 12.8. The second-order valence-corrected chi connectivity index (χ2v) is 7.29. The molecular weight excluding hydrogens is 340 g/mol. The smallest absolute Gasteiger partial charge is 0.236 e. The summed E-state index contributed by atoms with van der Waals surface area (Å²) in [5.41, 5.74) is 3.14. The van der Waals surface area contributed by atoms with Gasteiger partial charge < -0.3 is 9.84 Å². The number of aromatic nitrogens is 2. The van der Waals surface area contributed by atoms with Crippen molar-refractivity contribution in [3.63, 3.8) is 0 Å². The topological polar surface area (TPSA) is 71.3 Å². The van der Waals surface area contributed by atoms with Crippen LogP contribution in [0.3, 0.4) is 0 Å². The van der Waals surface area contributed by atoms with Crippen molar-refractivity contribution in [3.05, 3.63) is 66.1 Å². The molecule has 6 nitrogen and oxygen atoms in total. The highest BCUT2D eigenvalue weighted by Crippen LogP contribution is 2.43. The van der Waals surface area contributed by atoms with Crippen LogP contribution in [-0.4, -0.2) is 34.0 Å². The maximum Gasteiger partial charge on any atom is 0.236 e. The molecule has 0 radical (unpaired) electrons. The highest BCUT2D eigenvalue weighted by Gasteiger charge is 2.48. The van der Waals surface area contributed by atoms with Crippen LogP contribution in [0.5, 0.6) is 0 Å². The number of amides is 1. The van der Waals surface area contributed by atoms with Crippen molar-refractivity contribution >= 4 is 11.6 Å². The third-order valence-electron chi connectivity index (χ3n) is 5.56. The molecule has 1 aromatic carbocycles. The average molecular weight is 360 g/mol. The number of fused-ring (bicyclic) bond motifs is 2. The number of pyridine rings is 1. The zero-order chi connectivity index (χ0) is 18.3. The van der Waals surface area contributed by atoms with Crippen molar-refractivity contribution in [1.82, 2.24) is 15.0 Å². The molecule has 27 heavy (non-hydrogen) atoms. The molecular formula is C21H20N4O2. The molecule has 1 spiro atoms. The summed E-state index contributed by atoms with van der Waals surface area (Å²) in [4.78, 5) is 19.4. The minimum atomic E-state index is -0.460. The van der Waals surface area contributed by atoms with Gasteiger partial charge >= 0.3 is 0 Å². The molecule has 3 aromatic rings. The molecule has 5 rings (SSSR count). The quantitative estimate of drug-likeness (QED) is 0.776. The van der Waals surface area contributed by atoms with Crippen LogP contribution in [0.15, 0.2) is 59.3 Å². The van der Waals surface area contributed by atoms with Crippen LogP contribution in [0.1, 0.15) is 24.2 Å². The summed E-state index contributed by atoms with van der Waals surface area (Å²) in [5.74, 6) is 0.902. The van der Waals surface area contributed by atoms with Crippen LogP contribution in [0.25, 0.3) is 11.4 Å². The van der Waals surface area contributed by atoms with Gasteiger partial charge in [0.05, 0.1) is 17.7 Å². The number of carbonyl (C=O) groups excluding carboxylic acids is 1. The number of hydrogen-bond donors (Lipinski definition) is 1. The first-order valence-electron chi connectivity index (χ1n) is 9.25. The van der Waals surface area contributed by atoms with Crippen LogP contribution in [-0.2, 0) is 16.8 Å². The fraction of sp³-hybridized carbons (Fsp3) is 0.286. The fourth-order valence-electron chi connectivity index (χ4n) is 4.30. The molecule has 1 atom stereocenters. The number of piperidine rings is 1. The molecule has 2 aromatic heterocycles. The number of likely N-dealkylation sites (tertiary alicyclic amines) is 1. The molecule has 6 heteroatoms. The normalized spacial score (nSPS) is 22.0. The Morgan fingerprint density at radius 2 is 2.04 bits per heavy atom. The van der Waals surface area contributed by atoms with Gasteiger partial charge in [-0.2, -0.15) is 0 Å². The van der Waals surface area contributed by atoms with Crippen molar-refractivity contribution < 1.29 is 9.32 Å². The monoisotopic (exact) mass is 360 g/mol. The second-order valence-electron chi connectivity index (χ2n) is 7.29. The Morgan fingerprint density at radius 1 is 1.15 bits per heavy atom. The summed E-state index contributed by atoms with van der Waals surface area (Å²) >= 11 is 0. The van der Waals surface area contributed by atoms with E-state index >= 15 is 0 Å². The van der Waals surface area contributed by atoms with Crippen molar-refractivity contribution in [2.24, 2.45) is 0 Å². The lowest BCUT2D eigenvalue weighted by Gasteiger charge is -2.38. The molecule has 1 saturated heterocycles. The van der Waals surface area contributed by atoms with Crippen molar-refractivity contribution in [2.75, 3.05) is 18.4 Å². The van der Waals surface area contributed by atoms with Crippen LogP contribution >= 0.6 is 0 Å². The average Bonchev–Trinajstić information content (AvgIpc) is 3.27.